The molecule has 0 aliphatic carbocycles. The summed E-state index contributed by atoms with van der Waals surface area (Å²) in [5.41, 5.74) is -0.428. The Morgan fingerprint density at radius 2 is 1.78 bits per heavy atom. The minimum absolute atomic E-state index is 0.00352. The van der Waals surface area contributed by atoms with Crippen molar-refractivity contribution in [2.24, 2.45) is 0 Å². The molecule has 0 amide bonds. The molecule has 0 atom stereocenters. The zero-order chi connectivity index (χ0) is 16.8. The first-order valence-electron chi connectivity index (χ1n) is 6.32. The van der Waals surface area contributed by atoms with Gasteiger partial charge in [0.15, 0.2) is 11.6 Å². The van der Waals surface area contributed by atoms with E-state index in [0.29, 0.717) is 8.95 Å². The Morgan fingerprint density at radius 3 is 2.39 bits per heavy atom. The van der Waals surface area contributed by atoms with Crippen LogP contribution in [-0.4, -0.2) is 14.5 Å². The Kier molecular flexibility index (Phi) is 6.00. The van der Waals surface area contributed by atoms with Crippen LogP contribution >= 0.6 is 31.9 Å². The van der Waals surface area contributed by atoms with Gasteiger partial charge in [-0.05, 0) is 68.3 Å². The van der Waals surface area contributed by atoms with Gasteiger partial charge in [-0.25, -0.2) is 9.37 Å². The fourth-order valence-electron chi connectivity index (χ4n) is 1.59. The molecule has 8 heteroatoms. The molecule has 5 nitrogen and oxygen atoms in total. The predicted octanol–water partition coefficient (Wildman–Crippen LogP) is 3.27. The van der Waals surface area contributed by atoms with Crippen molar-refractivity contribution in [3.05, 3.63) is 90.5 Å². The van der Waals surface area contributed by atoms with Crippen molar-refractivity contribution in [2.45, 2.75) is 0 Å². The Morgan fingerprint density at radius 1 is 1.04 bits per heavy atom. The predicted molar refractivity (Wildman–Crippen MR) is 92.3 cm³/mol. The molecule has 3 heterocycles. The van der Waals surface area contributed by atoms with Crippen LogP contribution < -0.4 is 11.1 Å². The lowest BCUT2D eigenvalue weighted by molar-refractivity contribution is 0.607. The smallest absolute Gasteiger partial charge is 0.270 e. The van der Waals surface area contributed by atoms with E-state index in [4.69, 9.17) is 0 Å². The third-order valence-corrected chi connectivity index (χ3v) is 3.87. The largest absolute Gasteiger partial charge is 0.328 e. The first kappa shape index (κ1) is 17.3. The van der Waals surface area contributed by atoms with Gasteiger partial charge in [0.2, 0.25) is 0 Å². The molecule has 1 N–H and O–H groups in total. The summed E-state index contributed by atoms with van der Waals surface area (Å²) in [6, 6.07) is 9.42. The Labute approximate surface area is 147 Å². The molecule has 0 saturated heterocycles. The fraction of sp³-hybridized carbons (Fsp3) is 0. The highest BCUT2D eigenvalue weighted by Crippen LogP contribution is 2.09. The number of nitrogens with zero attached hydrogens (tertiary/aromatic N) is 2. The van der Waals surface area contributed by atoms with Crippen molar-refractivity contribution in [1.29, 1.82) is 0 Å². The van der Waals surface area contributed by atoms with E-state index in [1.807, 2.05) is 0 Å². The highest BCUT2D eigenvalue weighted by Gasteiger charge is 2.07. The van der Waals surface area contributed by atoms with E-state index in [0.717, 1.165) is 4.57 Å². The lowest BCUT2D eigenvalue weighted by atomic mass is 10.4. The van der Waals surface area contributed by atoms with Crippen LogP contribution in [0.4, 0.5) is 4.39 Å². The summed E-state index contributed by atoms with van der Waals surface area (Å²) in [6.07, 6.45) is 4.50. The average molecular weight is 443 g/mol. The number of hydrogen-bond acceptors (Lipinski definition) is 3. The number of rotatable bonds is 1. The Bertz CT molecular complexity index is 925. The summed E-state index contributed by atoms with van der Waals surface area (Å²) in [5, 5.41) is 0. The number of aromatic amines is 1. The monoisotopic (exact) mass is 441 g/mol. The SMILES string of the molecule is O=c1[nH]cccc1Br.O=c1c(Br)cccn1-c1ncccc1F. The van der Waals surface area contributed by atoms with Crippen LogP contribution in [0.1, 0.15) is 0 Å². The van der Waals surface area contributed by atoms with Gasteiger partial charge in [-0.2, -0.15) is 0 Å². The zero-order valence-corrected chi connectivity index (χ0v) is 14.7. The van der Waals surface area contributed by atoms with Crippen LogP contribution in [0.2, 0.25) is 0 Å². The Hall–Kier alpha value is -2.06. The van der Waals surface area contributed by atoms with Crippen LogP contribution in [0.15, 0.2) is 73.5 Å². The molecule has 3 rings (SSSR count). The van der Waals surface area contributed by atoms with E-state index in [2.05, 4.69) is 41.8 Å². The lowest BCUT2D eigenvalue weighted by Crippen LogP contribution is -2.19. The van der Waals surface area contributed by atoms with Crippen LogP contribution in [-0.2, 0) is 0 Å². The Balaban J connectivity index is 0.000000203. The van der Waals surface area contributed by atoms with Gasteiger partial charge in [-0.15, -0.1) is 0 Å². The first-order chi connectivity index (χ1) is 11.0. The maximum atomic E-state index is 13.3. The van der Waals surface area contributed by atoms with Crippen LogP contribution in [0.5, 0.6) is 0 Å². The first-order valence-corrected chi connectivity index (χ1v) is 7.90. The summed E-state index contributed by atoms with van der Waals surface area (Å²) in [6.45, 7) is 0. The molecule has 0 unspecified atom stereocenters. The number of halogens is 3. The van der Waals surface area contributed by atoms with Gasteiger partial charge in [0.1, 0.15) is 0 Å². The van der Waals surface area contributed by atoms with Gasteiger partial charge in [0, 0.05) is 18.6 Å². The van der Waals surface area contributed by atoms with E-state index in [9.17, 15) is 14.0 Å². The third kappa shape index (κ3) is 4.46. The van der Waals surface area contributed by atoms with Crippen LogP contribution in [0, 0.1) is 5.82 Å². The van der Waals surface area contributed by atoms with E-state index in [-0.39, 0.29) is 16.9 Å². The molecule has 118 valence electrons. The average Bonchev–Trinajstić information content (AvgIpc) is 2.54. The topological polar surface area (TPSA) is 67.8 Å². The third-order valence-electron chi connectivity index (χ3n) is 2.64. The van der Waals surface area contributed by atoms with Crippen molar-refractivity contribution in [3.8, 4) is 5.82 Å². The molecule has 0 radical (unpaired) electrons. The number of H-pyrrole nitrogens is 1. The van der Waals surface area contributed by atoms with Crippen molar-refractivity contribution in [2.75, 3.05) is 0 Å². The molecular formula is C15H10Br2FN3O2. The quantitative estimate of drug-likeness (QED) is 0.628. The molecule has 0 bridgehead atoms. The van der Waals surface area contributed by atoms with Crippen molar-refractivity contribution >= 4 is 31.9 Å². The molecular weight excluding hydrogens is 433 g/mol. The minimum atomic E-state index is -0.530. The maximum Gasteiger partial charge on any atom is 0.270 e. The molecule has 0 spiro atoms. The molecule has 0 saturated carbocycles. The molecule has 0 aliphatic heterocycles. The van der Waals surface area contributed by atoms with Crippen molar-refractivity contribution in [3.63, 3.8) is 0 Å². The van der Waals surface area contributed by atoms with Gasteiger partial charge in [0.05, 0.1) is 8.95 Å². The second-order valence-corrected chi connectivity index (χ2v) is 5.90. The van der Waals surface area contributed by atoms with E-state index < -0.39 is 5.82 Å². The summed E-state index contributed by atoms with van der Waals surface area (Å²) >= 11 is 6.14. The number of hydrogen-bond donors (Lipinski definition) is 1. The molecule has 0 fully saturated rings. The molecule has 23 heavy (non-hydrogen) atoms. The van der Waals surface area contributed by atoms with Gasteiger partial charge < -0.3 is 4.98 Å². The van der Waals surface area contributed by atoms with Gasteiger partial charge >= 0.3 is 0 Å². The second kappa shape index (κ2) is 7.98. The standard InChI is InChI=1S/C10H6BrFN2O.C5H4BrNO/c11-7-3-2-6-14(10(7)15)9-8(12)4-1-5-13-9;6-4-2-1-3-7-5(4)8/h1-6H;1-3H,(H,7,8). The highest BCUT2D eigenvalue weighted by molar-refractivity contribution is 9.10. The lowest BCUT2D eigenvalue weighted by Gasteiger charge is -2.04. The summed E-state index contributed by atoms with van der Waals surface area (Å²) in [5.74, 6) is -0.526. The van der Waals surface area contributed by atoms with E-state index in [1.165, 1.54) is 24.5 Å². The second-order valence-electron chi connectivity index (χ2n) is 4.19. The van der Waals surface area contributed by atoms with Crippen molar-refractivity contribution < 1.29 is 4.39 Å². The van der Waals surface area contributed by atoms with Crippen LogP contribution in [0.3, 0.4) is 0 Å². The fourth-order valence-corrected chi connectivity index (χ4v) is 2.20. The highest BCUT2D eigenvalue weighted by atomic mass is 79.9. The maximum absolute atomic E-state index is 13.3. The number of pyridine rings is 3. The number of aromatic nitrogens is 3. The van der Waals surface area contributed by atoms with E-state index in [1.54, 1.807) is 30.5 Å². The van der Waals surface area contributed by atoms with E-state index >= 15 is 0 Å². The zero-order valence-electron chi connectivity index (χ0n) is 11.5. The summed E-state index contributed by atoms with van der Waals surface area (Å²) in [7, 11) is 0. The van der Waals surface area contributed by atoms with Crippen LogP contribution in [0.25, 0.3) is 5.82 Å². The molecule has 3 aromatic rings. The van der Waals surface area contributed by atoms with Gasteiger partial charge in [-0.3, -0.25) is 14.2 Å². The van der Waals surface area contributed by atoms with Gasteiger partial charge in [0.25, 0.3) is 11.1 Å². The molecule has 0 aliphatic rings. The number of nitrogens with one attached hydrogen (secondary N) is 1. The molecule has 3 aromatic heterocycles. The molecule has 0 aromatic carbocycles. The summed E-state index contributed by atoms with van der Waals surface area (Å²) in [4.78, 5) is 28.5. The van der Waals surface area contributed by atoms with Gasteiger partial charge in [-0.1, -0.05) is 0 Å². The summed E-state index contributed by atoms with van der Waals surface area (Å²) < 4.78 is 15.4. The van der Waals surface area contributed by atoms with Crippen molar-refractivity contribution in [1.82, 2.24) is 14.5 Å². The minimum Gasteiger partial charge on any atom is -0.328 e. The normalized spacial score (nSPS) is 9.87.